The molecule has 0 unspecified atom stereocenters. The van der Waals surface area contributed by atoms with Gasteiger partial charge in [0, 0.05) is 45.4 Å². The van der Waals surface area contributed by atoms with Gasteiger partial charge in [-0.25, -0.2) is 0 Å². The third-order valence-corrected chi connectivity index (χ3v) is 5.74. The predicted molar refractivity (Wildman–Crippen MR) is 98.1 cm³/mol. The van der Waals surface area contributed by atoms with Crippen LogP contribution in [0.3, 0.4) is 0 Å². The van der Waals surface area contributed by atoms with Crippen LogP contribution in [0, 0.1) is 5.92 Å². The first-order valence-corrected chi connectivity index (χ1v) is 9.95. The molecule has 5 nitrogen and oxygen atoms in total. The van der Waals surface area contributed by atoms with E-state index in [2.05, 4.69) is 29.0 Å². The first-order chi connectivity index (χ1) is 11.6. The van der Waals surface area contributed by atoms with Crippen molar-refractivity contribution in [3.8, 4) is 0 Å². The molecular weight excluding hydrogens is 302 g/mol. The van der Waals surface area contributed by atoms with Gasteiger partial charge >= 0.3 is 0 Å². The minimum atomic E-state index is -0.0231. The van der Waals surface area contributed by atoms with Crippen LogP contribution in [0.25, 0.3) is 0 Å². The van der Waals surface area contributed by atoms with Gasteiger partial charge in [0.05, 0.1) is 12.6 Å². The third kappa shape index (κ3) is 6.01. The standard InChI is InChI=1S/C19H37N3O2/c1-4-24-13-12-21-10-11-22(15-16(21)2)17(3)19(23)20-14-18-8-6-5-7-9-18/h16-18H,4-15H2,1-3H3,(H,20,23)/t16-,17-/m0/s1. The number of nitrogens with zero attached hydrogens (tertiary/aromatic N) is 2. The average molecular weight is 340 g/mol. The fraction of sp³-hybridized carbons (Fsp3) is 0.947. The van der Waals surface area contributed by atoms with Gasteiger partial charge in [0.1, 0.15) is 0 Å². The van der Waals surface area contributed by atoms with E-state index in [9.17, 15) is 4.79 Å². The normalized spacial score (nSPS) is 25.5. The van der Waals surface area contributed by atoms with Crippen LogP contribution in [-0.2, 0) is 9.53 Å². The van der Waals surface area contributed by atoms with Crippen LogP contribution < -0.4 is 5.32 Å². The van der Waals surface area contributed by atoms with E-state index in [-0.39, 0.29) is 11.9 Å². The lowest BCUT2D eigenvalue weighted by Crippen LogP contribution is -2.57. The first-order valence-electron chi connectivity index (χ1n) is 9.95. The number of hydrogen-bond acceptors (Lipinski definition) is 4. The van der Waals surface area contributed by atoms with Gasteiger partial charge in [-0.15, -0.1) is 0 Å². The van der Waals surface area contributed by atoms with E-state index < -0.39 is 0 Å². The molecule has 0 spiro atoms. The average Bonchev–Trinajstić information content (AvgIpc) is 2.61. The van der Waals surface area contributed by atoms with Gasteiger partial charge in [0.2, 0.25) is 5.91 Å². The second kappa shape index (κ2) is 10.4. The molecule has 0 aromatic carbocycles. The van der Waals surface area contributed by atoms with Gasteiger partial charge in [0.15, 0.2) is 0 Å². The Balaban J connectivity index is 1.70. The summed E-state index contributed by atoms with van der Waals surface area (Å²) in [5.74, 6) is 0.903. The highest BCUT2D eigenvalue weighted by atomic mass is 16.5. The number of amides is 1. The van der Waals surface area contributed by atoms with Crippen LogP contribution in [0.4, 0.5) is 0 Å². The second-order valence-electron chi connectivity index (χ2n) is 7.50. The van der Waals surface area contributed by atoms with Gasteiger partial charge in [-0.3, -0.25) is 14.6 Å². The highest BCUT2D eigenvalue weighted by Crippen LogP contribution is 2.22. The van der Waals surface area contributed by atoms with Gasteiger partial charge < -0.3 is 10.1 Å². The Hall–Kier alpha value is -0.650. The molecule has 1 amide bonds. The lowest BCUT2D eigenvalue weighted by molar-refractivity contribution is -0.127. The Labute approximate surface area is 148 Å². The lowest BCUT2D eigenvalue weighted by Gasteiger charge is -2.42. The topological polar surface area (TPSA) is 44.8 Å². The Morgan fingerprint density at radius 3 is 2.67 bits per heavy atom. The summed E-state index contributed by atoms with van der Waals surface area (Å²) in [6.07, 6.45) is 6.59. The maximum Gasteiger partial charge on any atom is 0.237 e. The number of rotatable bonds is 8. The fourth-order valence-electron chi connectivity index (χ4n) is 3.98. The number of carbonyl (C=O) groups is 1. The van der Waals surface area contributed by atoms with E-state index in [0.29, 0.717) is 12.0 Å². The Bertz CT molecular complexity index is 372. The van der Waals surface area contributed by atoms with E-state index in [1.54, 1.807) is 0 Å². The predicted octanol–water partition coefficient (Wildman–Crippen LogP) is 2.11. The smallest absolute Gasteiger partial charge is 0.237 e. The summed E-state index contributed by atoms with van der Waals surface area (Å²) in [4.78, 5) is 17.3. The lowest BCUT2D eigenvalue weighted by atomic mass is 9.89. The highest BCUT2D eigenvalue weighted by molar-refractivity contribution is 5.81. The Kier molecular flexibility index (Phi) is 8.50. The monoisotopic (exact) mass is 339 g/mol. The van der Waals surface area contributed by atoms with Crippen LogP contribution in [-0.4, -0.2) is 73.7 Å². The molecule has 1 N–H and O–H groups in total. The molecule has 1 saturated heterocycles. The molecule has 2 atom stereocenters. The van der Waals surface area contributed by atoms with E-state index in [0.717, 1.165) is 45.9 Å². The molecule has 24 heavy (non-hydrogen) atoms. The number of hydrogen-bond donors (Lipinski definition) is 1. The minimum Gasteiger partial charge on any atom is -0.380 e. The number of nitrogens with one attached hydrogen (secondary N) is 1. The zero-order chi connectivity index (χ0) is 17.4. The van der Waals surface area contributed by atoms with Crippen molar-refractivity contribution in [3.05, 3.63) is 0 Å². The maximum absolute atomic E-state index is 12.5. The van der Waals surface area contributed by atoms with Crippen molar-refractivity contribution in [1.82, 2.24) is 15.1 Å². The molecule has 0 aromatic rings. The summed E-state index contributed by atoms with van der Waals surface area (Å²) in [7, 11) is 0. The van der Waals surface area contributed by atoms with Gasteiger partial charge in [0.25, 0.3) is 0 Å². The molecule has 2 rings (SSSR count). The van der Waals surface area contributed by atoms with Crippen LogP contribution >= 0.6 is 0 Å². The second-order valence-corrected chi connectivity index (χ2v) is 7.50. The quantitative estimate of drug-likeness (QED) is 0.688. The van der Waals surface area contributed by atoms with Crippen LogP contribution in [0.15, 0.2) is 0 Å². The first kappa shape index (κ1) is 19.7. The fourth-order valence-corrected chi connectivity index (χ4v) is 3.98. The summed E-state index contributed by atoms with van der Waals surface area (Å²) < 4.78 is 5.47. The van der Waals surface area contributed by atoms with Crippen molar-refractivity contribution in [2.75, 3.05) is 45.9 Å². The summed E-state index contributed by atoms with van der Waals surface area (Å²) in [5.41, 5.74) is 0. The molecule has 140 valence electrons. The van der Waals surface area contributed by atoms with E-state index in [1.807, 2.05) is 6.92 Å². The molecule has 1 aliphatic carbocycles. The molecule has 0 aromatic heterocycles. The van der Waals surface area contributed by atoms with Gasteiger partial charge in [-0.1, -0.05) is 19.3 Å². The summed E-state index contributed by atoms with van der Waals surface area (Å²) >= 11 is 0. The molecule has 5 heteroatoms. The minimum absolute atomic E-state index is 0.0231. The van der Waals surface area contributed by atoms with Gasteiger partial charge in [-0.2, -0.15) is 0 Å². The van der Waals surface area contributed by atoms with E-state index in [4.69, 9.17) is 4.74 Å². The zero-order valence-electron chi connectivity index (χ0n) is 15.9. The highest BCUT2D eigenvalue weighted by Gasteiger charge is 2.29. The largest absolute Gasteiger partial charge is 0.380 e. The molecule has 2 fully saturated rings. The summed E-state index contributed by atoms with van der Waals surface area (Å²) in [6.45, 7) is 12.7. The molecule has 0 bridgehead atoms. The summed E-state index contributed by atoms with van der Waals surface area (Å²) in [6, 6.07) is 0.456. The number of ether oxygens (including phenoxy) is 1. The van der Waals surface area contributed by atoms with Gasteiger partial charge in [-0.05, 0) is 39.5 Å². The van der Waals surface area contributed by atoms with Crippen molar-refractivity contribution >= 4 is 5.91 Å². The SMILES string of the molecule is CCOCCN1CCN([C@@H](C)C(=O)NCC2CCCCC2)C[C@@H]1C. The van der Waals surface area contributed by atoms with Crippen molar-refractivity contribution < 1.29 is 9.53 Å². The third-order valence-electron chi connectivity index (χ3n) is 5.74. The molecule has 2 aliphatic rings. The Morgan fingerprint density at radius 2 is 2.00 bits per heavy atom. The number of carbonyl (C=O) groups excluding carboxylic acids is 1. The molecule has 1 heterocycles. The number of piperazine rings is 1. The van der Waals surface area contributed by atoms with Crippen LogP contribution in [0.2, 0.25) is 0 Å². The van der Waals surface area contributed by atoms with E-state index in [1.165, 1.54) is 32.1 Å². The molecule has 0 radical (unpaired) electrons. The molecule has 1 saturated carbocycles. The zero-order valence-corrected chi connectivity index (χ0v) is 15.9. The van der Waals surface area contributed by atoms with Crippen molar-refractivity contribution in [3.63, 3.8) is 0 Å². The summed E-state index contributed by atoms with van der Waals surface area (Å²) in [5, 5.41) is 3.20. The van der Waals surface area contributed by atoms with E-state index >= 15 is 0 Å². The van der Waals surface area contributed by atoms with Crippen molar-refractivity contribution in [1.29, 1.82) is 0 Å². The maximum atomic E-state index is 12.5. The van der Waals surface area contributed by atoms with Crippen molar-refractivity contribution in [2.45, 2.75) is 65.0 Å². The van der Waals surface area contributed by atoms with Crippen LogP contribution in [0.5, 0.6) is 0 Å². The molecule has 1 aliphatic heterocycles. The Morgan fingerprint density at radius 1 is 1.25 bits per heavy atom. The van der Waals surface area contributed by atoms with Crippen LogP contribution in [0.1, 0.15) is 52.9 Å². The molecular formula is C19H37N3O2. The van der Waals surface area contributed by atoms with Crippen molar-refractivity contribution in [2.24, 2.45) is 5.92 Å².